The van der Waals surface area contributed by atoms with Crippen molar-refractivity contribution in [3.8, 4) is 0 Å². The van der Waals surface area contributed by atoms with E-state index in [-0.39, 0.29) is 56.8 Å². The molecule has 0 aromatic heterocycles. The fourth-order valence-electron chi connectivity index (χ4n) is 4.53. The molecule has 4 unspecified atom stereocenters. The molecule has 0 spiro atoms. The summed E-state index contributed by atoms with van der Waals surface area (Å²) in [6, 6.07) is 4.76. The van der Waals surface area contributed by atoms with Crippen molar-refractivity contribution in [2.75, 3.05) is 25.5 Å². The second-order valence-corrected chi connectivity index (χ2v) is 13.1. The number of nitrogens with zero attached hydrogens (tertiary/aromatic N) is 2. The van der Waals surface area contributed by atoms with E-state index in [1.54, 1.807) is 36.2 Å². The second-order valence-electron chi connectivity index (χ2n) is 12.4. The molecule has 1 heterocycles. The van der Waals surface area contributed by atoms with E-state index in [2.05, 4.69) is 33.9 Å². The third-order valence-corrected chi connectivity index (χ3v) is 8.18. The second kappa shape index (κ2) is 18.3. The van der Waals surface area contributed by atoms with E-state index in [1.165, 1.54) is 6.92 Å². The average molecular weight is 677 g/mol. The van der Waals surface area contributed by atoms with Gasteiger partial charge in [-0.25, -0.2) is 4.79 Å². The number of imide groups is 1. The lowest BCUT2D eigenvalue weighted by Crippen LogP contribution is -2.53. The topological polar surface area (TPSA) is 183 Å². The maximum Gasteiger partial charge on any atom is 0.410 e. The number of carbonyl (C=O) groups excluding carboxylic acids is 7. The first-order valence-corrected chi connectivity index (χ1v) is 16.2. The van der Waals surface area contributed by atoms with Gasteiger partial charge in [-0.15, -0.1) is 0 Å². The highest BCUT2D eigenvalue weighted by molar-refractivity contribution is 7.81. The number of rotatable bonds is 16. The third-order valence-electron chi connectivity index (χ3n) is 7.78. The van der Waals surface area contributed by atoms with Crippen LogP contribution in [-0.4, -0.2) is 94.8 Å². The SMILES string of the molecule is CC(C)CC(NC(=O)CCN1C(=O)CC(S)C1=O)C(=O)NC(C)C(=O)NCC(=O)Nc1ccc(COC(=O)N(C)C(C)C(C)C)cc1. The maximum absolute atomic E-state index is 13.0. The first-order valence-electron chi connectivity index (χ1n) is 15.7. The fourth-order valence-corrected chi connectivity index (χ4v) is 4.83. The standard InChI is InChI=1S/C32H48N6O8S/c1-18(2)14-24(36-26(39)12-13-38-28(41)15-25(47)31(38)44)30(43)34-20(5)29(42)33-16-27(40)35-23-10-8-22(9-11-23)17-46-32(45)37(7)21(6)19(3)4/h8-11,18-21,24-25,47H,12-17H2,1-7H3,(H,33,42)(H,34,43)(H,35,40)(H,36,39). The minimum absolute atomic E-state index is 0.0206. The Labute approximate surface area is 281 Å². The first-order chi connectivity index (χ1) is 22.0. The van der Waals surface area contributed by atoms with Gasteiger partial charge in [0.15, 0.2) is 0 Å². The summed E-state index contributed by atoms with van der Waals surface area (Å²) in [6.07, 6.45) is -0.351. The summed E-state index contributed by atoms with van der Waals surface area (Å²) in [4.78, 5) is 89.4. The van der Waals surface area contributed by atoms with Crippen LogP contribution >= 0.6 is 12.6 Å². The predicted octanol–water partition coefficient (Wildman–Crippen LogP) is 1.84. The summed E-state index contributed by atoms with van der Waals surface area (Å²) in [7, 11) is 1.69. The van der Waals surface area contributed by atoms with Gasteiger partial charge in [0.25, 0.3) is 0 Å². The van der Waals surface area contributed by atoms with Crippen LogP contribution in [-0.2, 0) is 40.1 Å². The molecule has 1 fully saturated rings. The lowest BCUT2D eigenvalue weighted by atomic mass is 10.0. The number of hydrogen-bond donors (Lipinski definition) is 5. The van der Waals surface area contributed by atoms with Crippen LogP contribution in [0.5, 0.6) is 0 Å². The Morgan fingerprint density at radius 1 is 0.957 bits per heavy atom. The van der Waals surface area contributed by atoms with Crippen LogP contribution in [0.1, 0.15) is 66.4 Å². The van der Waals surface area contributed by atoms with Gasteiger partial charge in [0.2, 0.25) is 35.4 Å². The van der Waals surface area contributed by atoms with Crippen molar-refractivity contribution in [3.05, 3.63) is 29.8 Å². The van der Waals surface area contributed by atoms with E-state index in [1.807, 2.05) is 34.6 Å². The van der Waals surface area contributed by atoms with E-state index in [9.17, 15) is 33.6 Å². The van der Waals surface area contributed by atoms with Gasteiger partial charge < -0.3 is 30.9 Å². The maximum atomic E-state index is 13.0. The van der Waals surface area contributed by atoms with Gasteiger partial charge in [-0.2, -0.15) is 12.6 Å². The summed E-state index contributed by atoms with van der Waals surface area (Å²) < 4.78 is 5.36. The molecule has 4 N–H and O–H groups in total. The minimum atomic E-state index is -1.02. The molecule has 1 aromatic rings. The molecule has 14 nitrogen and oxygen atoms in total. The molecule has 0 saturated carbocycles. The van der Waals surface area contributed by atoms with Crippen molar-refractivity contribution in [1.82, 2.24) is 25.8 Å². The molecule has 4 atom stereocenters. The van der Waals surface area contributed by atoms with Gasteiger partial charge in [0.1, 0.15) is 18.7 Å². The number of amides is 7. The highest BCUT2D eigenvalue weighted by atomic mass is 32.1. The van der Waals surface area contributed by atoms with Crippen molar-refractivity contribution in [3.63, 3.8) is 0 Å². The van der Waals surface area contributed by atoms with Gasteiger partial charge in [0, 0.05) is 38.2 Å². The van der Waals surface area contributed by atoms with Crippen LogP contribution in [0.25, 0.3) is 0 Å². The Balaban J connectivity index is 1.80. The molecule has 0 radical (unpaired) electrons. The highest BCUT2D eigenvalue weighted by Gasteiger charge is 2.36. The number of nitrogens with one attached hydrogen (secondary N) is 4. The smallest absolute Gasteiger partial charge is 0.410 e. The first kappa shape index (κ1) is 39.0. The summed E-state index contributed by atoms with van der Waals surface area (Å²) in [5, 5.41) is 9.60. The number of carbonyl (C=O) groups is 7. The Kier molecular flexibility index (Phi) is 15.2. The zero-order valence-electron chi connectivity index (χ0n) is 28.1. The lowest BCUT2D eigenvalue weighted by molar-refractivity contribution is -0.139. The number of hydrogen-bond acceptors (Lipinski definition) is 9. The number of anilines is 1. The minimum Gasteiger partial charge on any atom is -0.445 e. The van der Waals surface area contributed by atoms with Gasteiger partial charge in [-0.3, -0.25) is 33.7 Å². The van der Waals surface area contributed by atoms with Crippen molar-refractivity contribution in [1.29, 1.82) is 0 Å². The molecule has 15 heteroatoms. The zero-order valence-corrected chi connectivity index (χ0v) is 29.0. The number of benzene rings is 1. The predicted molar refractivity (Wildman–Crippen MR) is 178 cm³/mol. The molecular weight excluding hydrogens is 628 g/mol. The molecule has 1 saturated heterocycles. The molecule has 1 aromatic carbocycles. The zero-order chi connectivity index (χ0) is 35.4. The fraction of sp³-hybridized carbons (Fsp3) is 0.594. The molecule has 260 valence electrons. The largest absolute Gasteiger partial charge is 0.445 e. The quantitative estimate of drug-likeness (QED) is 0.130. The average Bonchev–Trinajstić information content (AvgIpc) is 3.25. The van der Waals surface area contributed by atoms with E-state index in [0.29, 0.717) is 5.69 Å². The van der Waals surface area contributed by atoms with Crippen molar-refractivity contribution < 1.29 is 38.3 Å². The number of likely N-dealkylation sites (tertiary alicyclic amines) is 1. The Morgan fingerprint density at radius 3 is 2.15 bits per heavy atom. The van der Waals surface area contributed by atoms with E-state index in [4.69, 9.17) is 4.74 Å². The van der Waals surface area contributed by atoms with Gasteiger partial charge in [-0.1, -0.05) is 39.8 Å². The number of thiol groups is 1. The van der Waals surface area contributed by atoms with Gasteiger partial charge >= 0.3 is 6.09 Å². The van der Waals surface area contributed by atoms with Crippen LogP contribution in [0.3, 0.4) is 0 Å². The highest BCUT2D eigenvalue weighted by Crippen LogP contribution is 2.18. The molecule has 47 heavy (non-hydrogen) atoms. The number of ether oxygens (including phenoxy) is 1. The lowest BCUT2D eigenvalue weighted by Gasteiger charge is -2.27. The van der Waals surface area contributed by atoms with Gasteiger partial charge in [-0.05, 0) is 49.8 Å². The van der Waals surface area contributed by atoms with Gasteiger partial charge in [0.05, 0.1) is 11.8 Å². The summed E-state index contributed by atoms with van der Waals surface area (Å²) in [5.74, 6) is -2.77. The Bertz CT molecular complexity index is 1300. The summed E-state index contributed by atoms with van der Waals surface area (Å²) in [6.45, 7) is 10.8. The van der Waals surface area contributed by atoms with Crippen molar-refractivity contribution >= 4 is 59.9 Å². The Morgan fingerprint density at radius 2 is 1.60 bits per heavy atom. The van der Waals surface area contributed by atoms with Crippen LogP contribution in [0, 0.1) is 11.8 Å². The van der Waals surface area contributed by atoms with E-state index >= 15 is 0 Å². The van der Waals surface area contributed by atoms with Crippen LogP contribution in [0.4, 0.5) is 10.5 Å². The molecule has 0 bridgehead atoms. The van der Waals surface area contributed by atoms with Crippen LogP contribution in [0.2, 0.25) is 0 Å². The molecular formula is C32H48N6O8S. The van der Waals surface area contributed by atoms with E-state index < -0.39 is 58.9 Å². The third kappa shape index (κ3) is 12.5. The summed E-state index contributed by atoms with van der Waals surface area (Å²) >= 11 is 4.06. The molecule has 2 rings (SSSR count). The van der Waals surface area contributed by atoms with Crippen LogP contribution < -0.4 is 21.3 Å². The Hall–Kier alpha value is -4.14. The van der Waals surface area contributed by atoms with Crippen molar-refractivity contribution in [2.24, 2.45) is 11.8 Å². The molecule has 7 amide bonds. The monoisotopic (exact) mass is 676 g/mol. The molecule has 0 aliphatic carbocycles. The van der Waals surface area contributed by atoms with E-state index in [0.717, 1.165) is 10.5 Å². The normalized spacial score (nSPS) is 16.4. The van der Waals surface area contributed by atoms with Crippen LogP contribution in [0.15, 0.2) is 24.3 Å². The van der Waals surface area contributed by atoms with Crippen molar-refractivity contribution in [2.45, 2.75) is 90.8 Å². The molecule has 1 aliphatic rings. The molecule has 1 aliphatic heterocycles. The summed E-state index contributed by atoms with van der Waals surface area (Å²) in [5.41, 5.74) is 1.21.